The standard InChI is InChI=1S/C46H33N3/c1-32-15-19-34(20-16-32)23-29-42-41-13-8-14-44(48-3)46(41)43(40-12-7-9-36(31-47)45(40)42)30-24-35-21-27-39(28-22-35)49(37-10-5-4-6-11-37)38-25-17-33(2)18-26-38/h4-30H,1-2H3/b29-23+,30-24+. The second kappa shape index (κ2) is 13.6. The number of benzene rings is 7. The number of nitriles is 1. The molecule has 49 heavy (non-hydrogen) atoms. The maximum absolute atomic E-state index is 10.3. The van der Waals surface area contributed by atoms with Gasteiger partial charge in [0.05, 0.1) is 18.2 Å². The van der Waals surface area contributed by atoms with Crippen LogP contribution in [0.3, 0.4) is 0 Å². The highest BCUT2D eigenvalue weighted by Crippen LogP contribution is 2.41. The van der Waals surface area contributed by atoms with Gasteiger partial charge in [0.2, 0.25) is 0 Å². The third-order valence-electron chi connectivity index (χ3n) is 8.89. The Morgan fingerprint density at radius 1 is 0.531 bits per heavy atom. The third kappa shape index (κ3) is 6.22. The van der Waals surface area contributed by atoms with E-state index in [9.17, 15) is 5.26 Å². The zero-order chi connectivity index (χ0) is 33.7. The SMILES string of the molecule is [C-]#[N+]c1cccc2c(/C=C/c3ccc(C)cc3)c3c(C#N)cccc3c(/C=C/c3ccc(N(c4ccccc4)c4ccc(C)cc4)cc3)c12. The number of aryl methyl sites for hydroxylation is 2. The van der Waals surface area contributed by atoms with E-state index in [0.29, 0.717) is 11.3 Å². The average Bonchev–Trinajstić information content (AvgIpc) is 3.15. The minimum Gasteiger partial charge on any atom is -0.311 e. The predicted octanol–water partition coefficient (Wildman–Crippen LogP) is 12.8. The first-order valence-electron chi connectivity index (χ1n) is 16.3. The van der Waals surface area contributed by atoms with Gasteiger partial charge in [-0.1, -0.05) is 132 Å². The molecule has 3 nitrogen and oxygen atoms in total. The second-order valence-corrected chi connectivity index (χ2v) is 12.2. The molecule has 0 unspecified atom stereocenters. The molecule has 0 bridgehead atoms. The molecule has 0 fully saturated rings. The average molecular weight is 628 g/mol. The Morgan fingerprint density at radius 3 is 1.61 bits per heavy atom. The molecule has 0 aliphatic heterocycles. The largest absolute Gasteiger partial charge is 0.311 e. The van der Waals surface area contributed by atoms with Gasteiger partial charge in [-0.2, -0.15) is 5.26 Å². The van der Waals surface area contributed by atoms with Crippen LogP contribution < -0.4 is 4.90 Å². The monoisotopic (exact) mass is 627 g/mol. The van der Waals surface area contributed by atoms with E-state index in [1.54, 1.807) is 0 Å². The van der Waals surface area contributed by atoms with Crippen LogP contribution in [0, 0.1) is 31.8 Å². The smallest absolute Gasteiger partial charge is 0.195 e. The lowest BCUT2D eigenvalue weighted by atomic mass is 9.88. The van der Waals surface area contributed by atoms with Crippen molar-refractivity contribution in [3.8, 4) is 6.07 Å². The zero-order valence-electron chi connectivity index (χ0n) is 27.4. The van der Waals surface area contributed by atoms with Crippen LogP contribution in [0.25, 0.3) is 50.7 Å². The first-order chi connectivity index (χ1) is 24.0. The van der Waals surface area contributed by atoms with E-state index in [0.717, 1.165) is 60.9 Å². The summed E-state index contributed by atoms with van der Waals surface area (Å²) in [5, 5.41) is 13.9. The molecule has 0 amide bonds. The minimum absolute atomic E-state index is 0.582. The Labute approximate surface area is 287 Å². The van der Waals surface area contributed by atoms with Crippen LogP contribution in [0.4, 0.5) is 22.7 Å². The van der Waals surface area contributed by atoms with Gasteiger partial charge in [-0.15, -0.1) is 0 Å². The van der Waals surface area contributed by atoms with Crippen LogP contribution >= 0.6 is 0 Å². The molecular formula is C46H33N3. The van der Waals surface area contributed by atoms with Crippen LogP contribution in [0.1, 0.15) is 38.9 Å². The van der Waals surface area contributed by atoms with Gasteiger partial charge in [0.15, 0.2) is 5.69 Å². The first kappa shape index (κ1) is 30.9. The molecule has 0 aromatic heterocycles. The molecule has 3 heteroatoms. The van der Waals surface area contributed by atoms with E-state index in [1.807, 2.05) is 30.3 Å². The van der Waals surface area contributed by atoms with Crippen molar-refractivity contribution < 1.29 is 0 Å². The second-order valence-electron chi connectivity index (χ2n) is 12.2. The highest BCUT2D eigenvalue weighted by molar-refractivity contribution is 6.19. The van der Waals surface area contributed by atoms with Crippen LogP contribution in [0.2, 0.25) is 0 Å². The molecule has 232 valence electrons. The fraction of sp³-hybridized carbons (Fsp3) is 0.0435. The Morgan fingerprint density at radius 2 is 1.02 bits per heavy atom. The Bertz CT molecular complexity index is 2440. The summed E-state index contributed by atoms with van der Waals surface area (Å²) in [7, 11) is 0. The molecular weight excluding hydrogens is 595 g/mol. The van der Waals surface area contributed by atoms with Gasteiger partial charge in [0, 0.05) is 22.4 Å². The van der Waals surface area contributed by atoms with Crippen molar-refractivity contribution in [2.24, 2.45) is 0 Å². The molecule has 7 aromatic rings. The van der Waals surface area contributed by atoms with Gasteiger partial charge in [-0.3, -0.25) is 0 Å². The molecule has 0 saturated carbocycles. The fourth-order valence-corrected chi connectivity index (χ4v) is 6.41. The lowest BCUT2D eigenvalue weighted by Crippen LogP contribution is -2.09. The predicted molar refractivity (Wildman–Crippen MR) is 207 cm³/mol. The number of rotatable bonds is 7. The molecule has 7 rings (SSSR count). The summed E-state index contributed by atoms with van der Waals surface area (Å²) in [6, 6.07) is 50.0. The normalized spacial score (nSPS) is 11.3. The Kier molecular flexibility index (Phi) is 8.58. The minimum atomic E-state index is 0.582. The summed E-state index contributed by atoms with van der Waals surface area (Å²) in [4.78, 5) is 6.20. The van der Waals surface area contributed by atoms with Crippen molar-refractivity contribution in [2.75, 3.05) is 4.90 Å². The number of hydrogen-bond acceptors (Lipinski definition) is 2. The van der Waals surface area contributed by atoms with Crippen LogP contribution in [-0.2, 0) is 0 Å². The first-order valence-corrected chi connectivity index (χ1v) is 16.3. The molecule has 7 aromatic carbocycles. The Hall–Kier alpha value is -6.68. The summed E-state index contributed by atoms with van der Waals surface area (Å²) in [6.07, 6.45) is 8.36. The van der Waals surface area contributed by atoms with Crippen molar-refractivity contribution in [1.29, 1.82) is 5.26 Å². The van der Waals surface area contributed by atoms with Crippen molar-refractivity contribution in [2.45, 2.75) is 13.8 Å². The topological polar surface area (TPSA) is 31.4 Å². The van der Waals surface area contributed by atoms with E-state index in [1.165, 1.54) is 11.1 Å². The molecule has 0 spiro atoms. The third-order valence-corrected chi connectivity index (χ3v) is 8.89. The zero-order valence-corrected chi connectivity index (χ0v) is 27.4. The fourth-order valence-electron chi connectivity index (χ4n) is 6.41. The van der Waals surface area contributed by atoms with Gasteiger partial charge in [0.1, 0.15) is 0 Å². The van der Waals surface area contributed by atoms with Crippen molar-refractivity contribution in [3.63, 3.8) is 0 Å². The number of para-hydroxylation sites is 1. The van der Waals surface area contributed by atoms with Crippen LogP contribution in [0.5, 0.6) is 0 Å². The number of hydrogen-bond donors (Lipinski definition) is 0. The summed E-state index contributed by atoms with van der Waals surface area (Å²) in [5.41, 5.74) is 10.8. The quantitative estimate of drug-likeness (QED) is 0.100. The molecule has 0 heterocycles. The summed E-state index contributed by atoms with van der Waals surface area (Å²) >= 11 is 0. The summed E-state index contributed by atoms with van der Waals surface area (Å²) < 4.78 is 0. The van der Waals surface area contributed by atoms with Crippen molar-refractivity contribution in [3.05, 3.63) is 190 Å². The number of fused-ring (bicyclic) bond motifs is 2. The number of anilines is 3. The van der Waals surface area contributed by atoms with Crippen LogP contribution in [0.15, 0.2) is 140 Å². The van der Waals surface area contributed by atoms with Gasteiger partial charge in [-0.25, -0.2) is 4.85 Å². The van der Waals surface area contributed by atoms with E-state index >= 15 is 0 Å². The molecule has 0 atom stereocenters. The highest BCUT2D eigenvalue weighted by Gasteiger charge is 2.17. The molecule has 0 aliphatic rings. The van der Waals surface area contributed by atoms with E-state index in [-0.39, 0.29) is 0 Å². The van der Waals surface area contributed by atoms with Crippen molar-refractivity contribution in [1.82, 2.24) is 0 Å². The summed E-state index contributed by atoms with van der Waals surface area (Å²) in [5.74, 6) is 0. The lowest BCUT2D eigenvalue weighted by Gasteiger charge is -2.25. The van der Waals surface area contributed by atoms with E-state index < -0.39 is 0 Å². The highest BCUT2D eigenvalue weighted by atomic mass is 15.1. The maximum Gasteiger partial charge on any atom is 0.195 e. The molecule has 0 N–H and O–H groups in total. The molecule has 0 saturated heterocycles. The molecule has 0 aliphatic carbocycles. The maximum atomic E-state index is 10.3. The Balaban J connectivity index is 1.35. The van der Waals surface area contributed by atoms with E-state index in [4.69, 9.17) is 6.57 Å². The van der Waals surface area contributed by atoms with Crippen molar-refractivity contribution >= 4 is 68.6 Å². The number of nitrogens with zero attached hydrogens (tertiary/aromatic N) is 3. The van der Waals surface area contributed by atoms with Gasteiger partial charge < -0.3 is 4.90 Å². The molecule has 0 radical (unpaired) electrons. The van der Waals surface area contributed by atoms with Gasteiger partial charge in [-0.05, 0) is 94.7 Å². The lowest BCUT2D eigenvalue weighted by molar-refractivity contribution is 1.27. The van der Waals surface area contributed by atoms with Gasteiger partial charge >= 0.3 is 0 Å². The summed E-state index contributed by atoms with van der Waals surface area (Å²) in [6.45, 7) is 12.2. The van der Waals surface area contributed by atoms with Gasteiger partial charge in [0.25, 0.3) is 0 Å². The van der Waals surface area contributed by atoms with Crippen LogP contribution in [-0.4, -0.2) is 0 Å². The van der Waals surface area contributed by atoms with E-state index in [2.05, 4.69) is 163 Å².